The Morgan fingerprint density at radius 1 is 0.914 bits per heavy atom. The van der Waals surface area contributed by atoms with Crippen LogP contribution >= 0.6 is 0 Å². The number of fused-ring (bicyclic) bond motifs is 1. The highest BCUT2D eigenvalue weighted by Crippen LogP contribution is 2.28. The van der Waals surface area contributed by atoms with Gasteiger partial charge in [-0.1, -0.05) is 71.4 Å². The van der Waals surface area contributed by atoms with Crippen molar-refractivity contribution in [2.75, 3.05) is 0 Å². The molecule has 0 fully saturated rings. The minimum absolute atomic E-state index is 0.0198. The van der Waals surface area contributed by atoms with Crippen molar-refractivity contribution in [3.63, 3.8) is 0 Å². The van der Waals surface area contributed by atoms with Crippen LogP contribution in [0.1, 0.15) is 48.3 Å². The van der Waals surface area contributed by atoms with Gasteiger partial charge in [0.2, 0.25) is 0 Å². The van der Waals surface area contributed by atoms with Crippen LogP contribution in [0.2, 0.25) is 0 Å². The molecule has 1 unspecified atom stereocenters. The zero-order valence-corrected chi connectivity index (χ0v) is 19.8. The third-order valence-corrected chi connectivity index (χ3v) is 5.62. The zero-order chi connectivity index (χ0) is 24.6. The second-order valence-corrected chi connectivity index (χ2v) is 8.47. The molecule has 3 aromatic carbocycles. The normalized spacial score (nSPS) is 12.3. The second-order valence-electron chi connectivity index (χ2n) is 8.47. The summed E-state index contributed by atoms with van der Waals surface area (Å²) in [5.74, 6) is -0.128. The number of hydrogen-bond acceptors (Lipinski definition) is 5. The molecule has 0 amide bonds. The van der Waals surface area contributed by atoms with E-state index in [-0.39, 0.29) is 6.42 Å². The molecule has 0 spiro atoms. The maximum absolute atomic E-state index is 10.8. The number of benzene rings is 3. The molecule has 0 aliphatic rings. The highest BCUT2D eigenvalue weighted by atomic mass is 16.6. The van der Waals surface area contributed by atoms with Crippen molar-refractivity contribution in [2.45, 2.75) is 39.4 Å². The molecule has 1 aromatic heterocycles. The van der Waals surface area contributed by atoms with Crippen LogP contribution in [0.25, 0.3) is 10.9 Å². The lowest BCUT2D eigenvalue weighted by Crippen LogP contribution is -2.06. The fourth-order valence-electron chi connectivity index (χ4n) is 3.62. The number of aromatic nitrogens is 1. The van der Waals surface area contributed by atoms with Gasteiger partial charge in [0.25, 0.3) is 0 Å². The molecule has 1 heterocycles. The number of carboxylic acid groups (broad SMARTS) is 1. The highest BCUT2D eigenvalue weighted by molar-refractivity contribution is 5.84. The first-order valence-electron chi connectivity index (χ1n) is 11.5. The Balaban J connectivity index is 1.47. The molecular weight excluding hydrogens is 440 g/mol. The van der Waals surface area contributed by atoms with E-state index in [1.165, 1.54) is 0 Å². The van der Waals surface area contributed by atoms with Crippen LogP contribution in [0, 0.1) is 6.92 Å². The van der Waals surface area contributed by atoms with Crippen molar-refractivity contribution in [3.05, 3.63) is 107 Å². The average molecular weight is 469 g/mol. The number of aliphatic carboxylic acids is 1. The Hall–Kier alpha value is -4.19. The van der Waals surface area contributed by atoms with Crippen molar-refractivity contribution in [1.82, 2.24) is 4.98 Å². The van der Waals surface area contributed by atoms with Gasteiger partial charge >= 0.3 is 5.97 Å². The van der Waals surface area contributed by atoms with E-state index in [0.29, 0.717) is 18.7 Å². The van der Waals surface area contributed by atoms with Gasteiger partial charge in [-0.05, 0) is 55.7 Å². The van der Waals surface area contributed by atoms with Gasteiger partial charge in [0, 0.05) is 5.39 Å². The summed E-state index contributed by atoms with van der Waals surface area (Å²) >= 11 is 0. The molecule has 0 saturated carbocycles. The monoisotopic (exact) mass is 468 g/mol. The van der Waals surface area contributed by atoms with E-state index in [2.05, 4.69) is 10.1 Å². The molecule has 178 valence electrons. The first-order chi connectivity index (χ1) is 17.0. The van der Waals surface area contributed by atoms with E-state index in [0.717, 1.165) is 39.0 Å². The molecule has 0 saturated heterocycles. The topological polar surface area (TPSA) is 81.0 Å². The van der Waals surface area contributed by atoms with Gasteiger partial charge in [0.15, 0.2) is 6.10 Å². The van der Waals surface area contributed by atoms with Crippen molar-refractivity contribution >= 4 is 22.6 Å². The molecule has 4 rings (SSSR count). The van der Waals surface area contributed by atoms with Crippen LogP contribution in [0.15, 0.2) is 90.1 Å². The van der Waals surface area contributed by atoms with Crippen LogP contribution in [-0.4, -0.2) is 21.8 Å². The lowest BCUT2D eigenvalue weighted by atomic mass is 10.0. The van der Waals surface area contributed by atoms with Crippen molar-refractivity contribution in [2.24, 2.45) is 5.16 Å². The lowest BCUT2D eigenvalue weighted by Gasteiger charge is -2.17. The number of aryl methyl sites for hydroxylation is 1. The molecule has 1 N–H and O–H groups in total. The van der Waals surface area contributed by atoms with E-state index < -0.39 is 12.1 Å². The number of carboxylic acids is 1. The first-order valence-corrected chi connectivity index (χ1v) is 11.5. The Kier molecular flexibility index (Phi) is 7.73. The number of oxime groups is 1. The fraction of sp³-hybridized carbons (Fsp3) is 0.207. The quantitative estimate of drug-likeness (QED) is 0.213. The lowest BCUT2D eigenvalue weighted by molar-refractivity contribution is -0.136. The predicted octanol–water partition coefficient (Wildman–Crippen LogP) is 6.47. The fourth-order valence-corrected chi connectivity index (χ4v) is 3.62. The predicted molar refractivity (Wildman–Crippen MR) is 137 cm³/mol. The van der Waals surface area contributed by atoms with E-state index in [1.54, 1.807) is 6.92 Å². The highest BCUT2D eigenvalue weighted by Gasteiger charge is 2.16. The molecular formula is C29H28N2O4. The SMILES string of the molecule is C/C(CCC(=O)O)=N\OC(c1ccc(C)cc1)c1ccc(OCc2ccc3ccccc3n2)cc1. The first kappa shape index (κ1) is 24.0. The van der Waals surface area contributed by atoms with Gasteiger partial charge in [0.1, 0.15) is 12.4 Å². The number of nitrogens with zero attached hydrogens (tertiary/aromatic N) is 2. The minimum Gasteiger partial charge on any atom is -0.487 e. The molecule has 1 atom stereocenters. The number of ether oxygens (including phenoxy) is 1. The standard InChI is InChI=1S/C29H28N2O4/c1-20-7-10-23(11-8-20)29(35-31-21(2)9-18-28(32)33)24-13-16-26(17-14-24)34-19-25-15-12-22-5-3-4-6-27(22)30-25/h3-8,10-17,29H,9,18-19H2,1-2H3,(H,32,33)/b31-21+. The molecule has 6 nitrogen and oxygen atoms in total. The van der Waals surface area contributed by atoms with Gasteiger partial charge in [-0.25, -0.2) is 4.98 Å². The largest absolute Gasteiger partial charge is 0.487 e. The van der Waals surface area contributed by atoms with Gasteiger partial charge in [-0.3, -0.25) is 4.79 Å². The third-order valence-electron chi connectivity index (χ3n) is 5.62. The Labute approximate surface area is 204 Å². The van der Waals surface area contributed by atoms with Gasteiger partial charge in [-0.2, -0.15) is 0 Å². The number of para-hydroxylation sites is 1. The smallest absolute Gasteiger partial charge is 0.303 e. The van der Waals surface area contributed by atoms with E-state index in [4.69, 9.17) is 14.7 Å². The molecule has 0 radical (unpaired) electrons. The summed E-state index contributed by atoms with van der Waals surface area (Å²) in [6.07, 6.45) is -0.0658. The third kappa shape index (κ3) is 6.67. The molecule has 0 bridgehead atoms. The summed E-state index contributed by atoms with van der Waals surface area (Å²) in [5, 5.41) is 14.2. The zero-order valence-electron chi connectivity index (χ0n) is 19.8. The van der Waals surface area contributed by atoms with Crippen LogP contribution < -0.4 is 4.74 Å². The Morgan fingerprint density at radius 3 is 2.31 bits per heavy atom. The number of pyridine rings is 1. The van der Waals surface area contributed by atoms with Crippen LogP contribution in [0.5, 0.6) is 5.75 Å². The summed E-state index contributed by atoms with van der Waals surface area (Å²) in [6.45, 7) is 4.17. The summed E-state index contributed by atoms with van der Waals surface area (Å²) in [4.78, 5) is 21.4. The summed E-state index contributed by atoms with van der Waals surface area (Å²) in [5.41, 5.74) is 5.47. The Bertz CT molecular complexity index is 1310. The van der Waals surface area contributed by atoms with Crippen molar-refractivity contribution < 1.29 is 19.5 Å². The maximum atomic E-state index is 10.8. The molecule has 6 heteroatoms. The van der Waals surface area contributed by atoms with Crippen LogP contribution in [0.4, 0.5) is 0 Å². The molecule has 0 aliphatic heterocycles. The summed E-state index contributed by atoms with van der Waals surface area (Å²) in [7, 11) is 0. The van der Waals surface area contributed by atoms with Crippen LogP contribution in [-0.2, 0) is 16.2 Å². The minimum atomic E-state index is -0.857. The number of carbonyl (C=O) groups is 1. The van der Waals surface area contributed by atoms with Gasteiger partial charge in [-0.15, -0.1) is 0 Å². The van der Waals surface area contributed by atoms with E-state index >= 15 is 0 Å². The van der Waals surface area contributed by atoms with Crippen LogP contribution in [0.3, 0.4) is 0 Å². The molecule has 35 heavy (non-hydrogen) atoms. The van der Waals surface area contributed by atoms with Gasteiger partial charge in [0.05, 0.1) is 23.3 Å². The maximum Gasteiger partial charge on any atom is 0.303 e. The molecule has 4 aromatic rings. The van der Waals surface area contributed by atoms with Crippen molar-refractivity contribution in [1.29, 1.82) is 0 Å². The van der Waals surface area contributed by atoms with E-state index in [9.17, 15) is 4.79 Å². The number of rotatable bonds is 10. The van der Waals surface area contributed by atoms with Crippen molar-refractivity contribution in [3.8, 4) is 5.75 Å². The summed E-state index contributed by atoms with van der Waals surface area (Å²) in [6, 6.07) is 27.8. The van der Waals surface area contributed by atoms with E-state index in [1.807, 2.05) is 91.9 Å². The Morgan fingerprint density at radius 2 is 1.60 bits per heavy atom. The second kappa shape index (κ2) is 11.3. The van der Waals surface area contributed by atoms with Gasteiger partial charge < -0.3 is 14.7 Å². The average Bonchev–Trinajstić information content (AvgIpc) is 2.88. The number of hydrogen-bond donors (Lipinski definition) is 1. The summed E-state index contributed by atoms with van der Waals surface area (Å²) < 4.78 is 5.96. The molecule has 0 aliphatic carbocycles.